The molecule has 8 nitrogen and oxygen atoms in total. The van der Waals surface area contributed by atoms with E-state index < -0.39 is 36.2 Å². The predicted molar refractivity (Wildman–Crippen MR) is 95.5 cm³/mol. The molecule has 1 saturated heterocycles. The highest BCUT2D eigenvalue weighted by molar-refractivity contribution is 5.82. The summed E-state index contributed by atoms with van der Waals surface area (Å²) in [5.41, 5.74) is 6.07. The first-order valence-electron chi connectivity index (χ1n) is 9.23. The van der Waals surface area contributed by atoms with Crippen LogP contribution in [-0.4, -0.2) is 65.0 Å². The summed E-state index contributed by atoms with van der Waals surface area (Å²) in [7, 11) is 0. The maximum Gasteiger partial charge on any atom is 0.490 e. The van der Waals surface area contributed by atoms with Crippen molar-refractivity contribution in [3.63, 3.8) is 0 Å². The van der Waals surface area contributed by atoms with Gasteiger partial charge in [0.25, 0.3) is 5.56 Å². The van der Waals surface area contributed by atoms with Crippen molar-refractivity contribution in [3.05, 3.63) is 34.5 Å². The summed E-state index contributed by atoms with van der Waals surface area (Å²) in [4.78, 5) is 29.4. The Morgan fingerprint density at radius 2 is 2.13 bits per heavy atom. The van der Waals surface area contributed by atoms with Gasteiger partial charge in [0.1, 0.15) is 18.2 Å². The minimum Gasteiger partial charge on any atom is -0.486 e. The van der Waals surface area contributed by atoms with Gasteiger partial charge in [-0.25, -0.2) is 9.18 Å². The number of alkyl halides is 3. The van der Waals surface area contributed by atoms with Crippen molar-refractivity contribution in [2.45, 2.75) is 30.8 Å². The van der Waals surface area contributed by atoms with E-state index in [9.17, 15) is 27.2 Å². The molecule has 0 saturated carbocycles. The zero-order valence-corrected chi connectivity index (χ0v) is 15.6. The SMILES string of the molecule is N[C@H]1CCN(C[C@@H]2COc3c(F)cnc4ccc(=O)n2c34)C[C@H]1OC(=O)C(F)(F)F. The van der Waals surface area contributed by atoms with Crippen LogP contribution in [0.4, 0.5) is 17.6 Å². The van der Waals surface area contributed by atoms with Gasteiger partial charge in [0.2, 0.25) is 0 Å². The fourth-order valence-electron chi connectivity index (χ4n) is 3.85. The van der Waals surface area contributed by atoms with Gasteiger partial charge in [-0.05, 0) is 19.0 Å². The smallest absolute Gasteiger partial charge is 0.486 e. The lowest BCUT2D eigenvalue weighted by Gasteiger charge is -2.39. The number of rotatable bonds is 3. The van der Waals surface area contributed by atoms with Crippen molar-refractivity contribution < 1.29 is 31.8 Å². The molecule has 2 aromatic heterocycles. The number of piperidine rings is 1. The molecule has 3 atom stereocenters. The number of hydrogen-bond donors (Lipinski definition) is 1. The molecular weight excluding hydrogens is 412 g/mol. The number of nitrogens with two attached hydrogens (primary N) is 1. The zero-order chi connectivity index (χ0) is 21.6. The standard InChI is InChI=1S/C18H18F4N4O4/c19-10-5-24-12-1-2-14(27)26-9(8-29-16(10)15(12)26)6-25-4-3-11(23)13(7-25)30-17(28)18(20,21)22/h1-2,5,9,11,13H,3-4,6-8,23H2/t9-,11+,13-/m1/s1. The summed E-state index contributed by atoms with van der Waals surface area (Å²) < 4.78 is 63.1. The van der Waals surface area contributed by atoms with Crippen molar-refractivity contribution in [2.24, 2.45) is 5.73 Å². The van der Waals surface area contributed by atoms with Crippen LogP contribution in [0.15, 0.2) is 23.1 Å². The molecule has 0 amide bonds. The zero-order valence-electron chi connectivity index (χ0n) is 15.6. The maximum absolute atomic E-state index is 14.1. The second-order valence-electron chi connectivity index (χ2n) is 7.33. The number of carbonyl (C=O) groups is 1. The molecule has 0 aliphatic carbocycles. The molecule has 0 unspecified atom stereocenters. The van der Waals surface area contributed by atoms with Crippen molar-refractivity contribution in [3.8, 4) is 5.75 Å². The largest absolute Gasteiger partial charge is 0.490 e. The van der Waals surface area contributed by atoms with Crippen LogP contribution in [0.5, 0.6) is 5.75 Å². The van der Waals surface area contributed by atoms with Gasteiger partial charge in [0, 0.05) is 25.2 Å². The van der Waals surface area contributed by atoms with Gasteiger partial charge in [0.15, 0.2) is 11.6 Å². The van der Waals surface area contributed by atoms with Crippen molar-refractivity contribution in [1.29, 1.82) is 0 Å². The second kappa shape index (κ2) is 7.51. The molecule has 0 aromatic carbocycles. The second-order valence-corrected chi connectivity index (χ2v) is 7.33. The Hall–Kier alpha value is -2.73. The van der Waals surface area contributed by atoms with E-state index in [4.69, 9.17) is 10.5 Å². The fourth-order valence-corrected chi connectivity index (χ4v) is 3.85. The summed E-state index contributed by atoms with van der Waals surface area (Å²) in [6, 6.07) is 1.51. The molecular formula is C18H18F4N4O4. The Morgan fingerprint density at radius 1 is 1.37 bits per heavy atom. The molecule has 0 radical (unpaired) electrons. The Kier molecular flexibility index (Phi) is 5.14. The van der Waals surface area contributed by atoms with Crippen molar-refractivity contribution >= 4 is 17.0 Å². The lowest BCUT2D eigenvalue weighted by atomic mass is 10.0. The molecule has 4 heterocycles. The summed E-state index contributed by atoms with van der Waals surface area (Å²) in [5, 5.41) is 0. The predicted octanol–water partition coefficient (Wildman–Crippen LogP) is 0.976. The van der Waals surface area contributed by atoms with Crippen LogP contribution in [0.25, 0.3) is 11.0 Å². The van der Waals surface area contributed by atoms with E-state index >= 15 is 0 Å². The molecule has 30 heavy (non-hydrogen) atoms. The monoisotopic (exact) mass is 430 g/mol. The normalized spacial score (nSPS) is 24.5. The molecule has 2 aromatic rings. The van der Waals surface area contributed by atoms with Gasteiger partial charge in [0.05, 0.1) is 17.8 Å². The number of ether oxygens (including phenoxy) is 2. The average molecular weight is 430 g/mol. The summed E-state index contributed by atoms with van der Waals surface area (Å²) in [5.74, 6) is -3.04. The maximum atomic E-state index is 14.1. The van der Waals surface area contributed by atoms with Gasteiger partial charge in [-0.3, -0.25) is 19.2 Å². The number of hydrogen-bond acceptors (Lipinski definition) is 7. The number of pyridine rings is 2. The first kappa shape index (κ1) is 20.5. The molecule has 2 aliphatic rings. The number of likely N-dealkylation sites (tertiary alicyclic amines) is 1. The van der Waals surface area contributed by atoms with Crippen LogP contribution in [0.1, 0.15) is 12.5 Å². The molecule has 12 heteroatoms. The van der Waals surface area contributed by atoms with Crippen LogP contribution >= 0.6 is 0 Å². The molecule has 0 bridgehead atoms. The van der Waals surface area contributed by atoms with Crippen LogP contribution in [0, 0.1) is 5.82 Å². The minimum absolute atomic E-state index is 0.0114. The molecule has 4 rings (SSSR count). The Balaban J connectivity index is 1.56. The highest BCUT2D eigenvalue weighted by Crippen LogP contribution is 2.33. The highest BCUT2D eigenvalue weighted by atomic mass is 19.4. The topological polar surface area (TPSA) is 99.7 Å². The molecule has 1 fully saturated rings. The van der Waals surface area contributed by atoms with Crippen molar-refractivity contribution in [2.75, 3.05) is 26.2 Å². The van der Waals surface area contributed by atoms with Gasteiger partial charge >= 0.3 is 12.1 Å². The third-order valence-corrected chi connectivity index (χ3v) is 5.29. The Labute approximate surface area is 167 Å². The van der Waals surface area contributed by atoms with Gasteiger partial charge in [-0.15, -0.1) is 0 Å². The quantitative estimate of drug-likeness (QED) is 0.572. The molecule has 0 spiro atoms. The van der Waals surface area contributed by atoms with Crippen LogP contribution in [0.3, 0.4) is 0 Å². The highest BCUT2D eigenvalue weighted by Gasteiger charge is 2.44. The summed E-state index contributed by atoms with van der Waals surface area (Å²) in [6.07, 6.45) is -4.94. The van der Waals surface area contributed by atoms with E-state index in [1.807, 2.05) is 0 Å². The number of halogens is 4. The number of esters is 1. The lowest BCUT2D eigenvalue weighted by molar-refractivity contribution is -0.207. The fraction of sp³-hybridized carbons (Fsp3) is 0.500. The van der Waals surface area contributed by atoms with Crippen LogP contribution in [0.2, 0.25) is 0 Å². The van der Waals surface area contributed by atoms with E-state index in [0.717, 1.165) is 6.20 Å². The van der Waals surface area contributed by atoms with Gasteiger partial charge in [-0.1, -0.05) is 0 Å². The first-order chi connectivity index (χ1) is 14.1. The van der Waals surface area contributed by atoms with Gasteiger partial charge < -0.3 is 15.2 Å². The van der Waals surface area contributed by atoms with Crippen LogP contribution < -0.4 is 16.0 Å². The molecule has 2 N–H and O–H groups in total. The number of carbonyl (C=O) groups excluding carboxylic acids is 1. The molecule has 2 aliphatic heterocycles. The Bertz CT molecular complexity index is 1040. The third kappa shape index (κ3) is 3.72. The third-order valence-electron chi connectivity index (χ3n) is 5.29. The summed E-state index contributed by atoms with van der Waals surface area (Å²) in [6.45, 7) is 0.597. The molecule has 162 valence electrons. The summed E-state index contributed by atoms with van der Waals surface area (Å²) >= 11 is 0. The minimum atomic E-state index is -5.11. The Morgan fingerprint density at radius 3 is 2.87 bits per heavy atom. The van der Waals surface area contributed by atoms with Crippen LogP contribution in [-0.2, 0) is 9.53 Å². The van der Waals surface area contributed by atoms with E-state index in [1.54, 1.807) is 4.90 Å². The lowest BCUT2D eigenvalue weighted by Crippen LogP contribution is -2.55. The van der Waals surface area contributed by atoms with E-state index in [2.05, 4.69) is 9.72 Å². The van der Waals surface area contributed by atoms with Crippen molar-refractivity contribution in [1.82, 2.24) is 14.5 Å². The first-order valence-corrected chi connectivity index (χ1v) is 9.23. The van der Waals surface area contributed by atoms with Gasteiger partial charge in [-0.2, -0.15) is 13.2 Å². The van der Waals surface area contributed by atoms with E-state index in [-0.39, 0.29) is 36.5 Å². The average Bonchev–Trinajstić information content (AvgIpc) is 2.68. The number of nitrogens with zero attached hydrogens (tertiary/aromatic N) is 3. The van der Waals surface area contributed by atoms with E-state index in [1.165, 1.54) is 16.7 Å². The van der Waals surface area contributed by atoms with E-state index in [0.29, 0.717) is 18.5 Å². The number of aromatic nitrogens is 2.